The summed E-state index contributed by atoms with van der Waals surface area (Å²) in [6, 6.07) is 16.3. The van der Waals surface area contributed by atoms with Gasteiger partial charge in [-0.05, 0) is 35.6 Å². The van der Waals surface area contributed by atoms with Gasteiger partial charge >= 0.3 is 0 Å². The number of ether oxygens (including phenoxy) is 1. The second-order valence-corrected chi connectivity index (χ2v) is 6.75. The summed E-state index contributed by atoms with van der Waals surface area (Å²) in [4.78, 5) is 18.7. The van der Waals surface area contributed by atoms with Crippen molar-refractivity contribution < 1.29 is 9.53 Å². The Morgan fingerprint density at radius 3 is 2.59 bits per heavy atom. The number of carbonyl (C=O) groups is 1. The van der Waals surface area contributed by atoms with E-state index in [1.54, 1.807) is 14.2 Å². The molecule has 2 aromatic rings. The second-order valence-electron chi connectivity index (χ2n) is 6.75. The molecule has 156 valence electrons. The quantitative estimate of drug-likeness (QED) is 0.358. The molecule has 0 saturated carbocycles. The van der Waals surface area contributed by atoms with Gasteiger partial charge in [0, 0.05) is 26.7 Å². The maximum atomic E-state index is 12.6. The molecule has 1 heterocycles. The average molecular weight is 508 g/mol. The van der Waals surface area contributed by atoms with Crippen LogP contribution >= 0.6 is 24.0 Å². The summed E-state index contributed by atoms with van der Waals surface area (Å²) in [5, 5.41) is 6.38. The fourth-order valence-corrected chi connectivity index (χ4v) is 3.43. The fourth-order valence-electron chi connectivity index (χ4n) is 3.43. The normalized spacial score (nSPS) is 13.2. The molecule has 0 unspecified atom stereocenters. The highest BCUT2D eigenvalue weighted by atomic mass is 127. The van der Waals surface area contributed by atoms with Crippen molar-refractivity contribution in [2.75, 3.05) is 33.8 Å². The lowest BCUT2D eigenvalue weighted by Crippen LogP contribution is -2.46. The number of halogens is 1. The lowest BCUT2D eigenvalue weighted by Gasteiger charge is -2.29. The molecule has 0 aliphatic carbocycles. The number of hydrogen-bond acceptors (Lipinski definition) is 3. The van der Waals surface area contributed by atoms with Crippen LogP contribution in [-0.2, 0) is 24.2 Å². The van der Waals surface area contributed by atoms with Gasteiger partial charge in [-0.3, -0.25) is 9.79 Å². The molecule has 0 fully saturated rings. The van der Waals surface area contributed by atoms with Gasteiger partial charge in [-0.15, -0.1) is 24.0 Å². The summed E-state index contributed by atoms with van der Waals surface area (Å²) >= 11 is 0. The predicted octanol–water partition coefficient (Wildman–Crippen LogP) is 2.61. The Morgan fingerprint density at radius 1 is 1.10 bits per heavy atom. The van der Waals surface area contributed by atoms with Crippen molar-refractivity contribution in [2.45, 2.75) is 19.4 Å². The average Bonchev–Trinajstić information content (AvgIpc) is 2.75. The van der Waals surface area contributed by atoms with E-state index in [4.69, 9.17) is 4.74 Å². The number of carbonyl (C=O) groups excluding carboxylic acids is 1. The maximum absolute atomic E-state index is 12.6. The van der Waals surface area contributed by atoms with Crippen LogP contribution in [0.2, 0.25) is 0 Å². The molecule has 6 nitrogen and oxygen atoms in total. The first-order valence-electron chi connectivity index (χ1n) is 9.62. The molecule has 0 spiro atoms. The van der Waals surface area contributed by atoms with E-state index in [-0.39, 0.29) is 36.4 Å². The van der Waals surface area contributed by atoms with Crippen molar-refractivity contribution in [3.8, 4) is 5.75 Å². The molecule has 3 rings (SSSR count). The van der Waals surface area contributed by atoms with E-state index >= 15 is 0 Å². The number of methoxy groups -OCH3 is 1. The number of nitrogens with one attached hydrogen (secondary N) is 2. The lowest BCUT2D eigenvalue weighted by atomic mass is 10.00. The second kappa shape index (κ2) is 11.6. The minimum atomic E-state index is 0. The molecule has 7 heteroatoms. The SMILES string of the molecule is CN=C(NCCc1ccccc1OC)NCC(=O)N1CCc2ccccc2C1.I. The summed E-state index contributed by atoms with van der Waals surface area (Å²) in [5.74, 6) is 1.59. The lowest BCUT2D eigenvalue weighted by molar-refractivity contribution is -0.130. The molecular formula is C22H29IN4O2. The molecule has 0 saturated heterocycles. The van der Waals surface area contributed by atoms with E-state index < -0.39 is 0 Å². The molecule has 2 N–H and O–H groups in total. The minimum absolute atomic E-state index is 0. The van der Waals surface area contributed by atoms with E-state index in [9.17, 15) is 4.79 Å². The van der Waals surface area contributed by atoms with Gasteiger partial charge in [0.2, 0.25) is 5.91 Å². The first kappa shape index (κ1) is 23.0. The molecule has 0 atom stereocenters. The number of hydrogen-bond donors (Lipinski definition) is 2. The highest BCUT2D eigenvalue weighted by molar-refractivity contribution is 14.0. The smallest absolute Gasteiger partial charge is 0.242 e. The highest BCUT2D eigenvalue weighted by Crippen LogP contribution is 2.18. The fraction of sp³-hybridized carbons (Fsp3) is 0.364. The Kier molecular flexibility index (Phi) is 9.24. The number of fused-ring (bicyclic) bond motifs is 1. The molecule has 1 aliphatic rings. The van der Waals surface area contributed by atoms with E-state index in [1.165, 1.54) is 11.1 Å². The minimum Gasteiger partial charge on any atom is -0.496 e. The van der Waals surface area contributed by atoms with Crippen LogP contribution in [0.1, 0.15) is 16.7 Å². The number of nitrogens with zero attached hydrogens (tertiary/aromatic N) is 2. The number of rotatable bonds is 6. The summed E-state index contributed by atoms with van der Waals surface area (Å²) in [5.41, 5.74) is 3.71. The number of guanidine groups is 1. The number of amides is 1. The molecule has 1 aliphatic heterocycles. The Balaban J connectivity index is 0.00000300. The predicted molar refractivity (Wildman–Crippen MR) is 127 cm³/mol. The Labute approximate surface area is 189 Å². The summed E-state index contributed by atoms with van der Waals surface area (Å²) < 4.78 is 5.38. The van der Waals surface area contributed by atoms with Gasteiger partial charge in [0.25, 0.3) is 0 Å². The number of aliphatic imine (C=N–C) groups is 1. The highest BCUT2D eigenvalue weighted by Gasteiger charge is 2.20. The molecule has 0 radical (unpaired) electrons. The molecule has 0 bridgehead atoms. The van der Waals surface area contributed by atoms with Crippen molar-refractivity contribution in [1.29, 1.82) is 0 Å². The van der Waals surface area contributed by atoms with Crippen molar-refractivity contribution in [2.24, 2.45) is 4.99 Å². The Morgan fingerprint density at radius 2 is 1.83 bits per heavy atom. The van der Waals surface area contributed by atoms with Crippen LogP contribution < -0.4 is 15.4 Å². The van der Waals surface area contributed by atoms with Crippen LogP contribution in [-0.4, -0.2) is 50.6 Å². The molecule has 29 heavy (non-hydrogen) atoms. The van der Waals surface area contributed by atoms with Gasteiger partial charge in [0.1, 0.15) is 5.75 Å². The maximum Gasteiger partial charge on any atom is 0.242 e. The van der Waals surface area contributed by atoms with Crippen LogP contribution in [0.3, 0.4) is 0 Å². The van der Waals surface area contributed by atoms with E-state index in [0.29, 0.717) is 19.0 Å². The van der Waals surface area contributed by atoms with Crippen LogP contribution in [0.15, 0.2) is 53.5 Å². The van der Waals surface area contributed by atoms with Crippen molar-refractivity contribution >= 4 is 35.8 Å². The zero-order valence-electron chi connectivity index (χ0n) is 17.0. The number of para-hydroxylation sites is 1. The van der Waals surface area contributed by atoms with Crippen LogP contribution in [0, 0.1) is 0 Å². The standard InChI is InChI=1S/C22H28N4O2.HI/c1-23-22(24-13-11-18-8-5-6-10-20(18)28-2)25-15-21(27)26-14-12-17-7-3-4-9-19(17)16-26;/h3-10H,11-16H2,1-2H3,(H2,23,24,25);1H. The van der Waals surface area contributed by atoms with Crippen molar-refractivity contribution in [3.63, 3.8) is 0 Å². The zero-order chi connectivity index (χ0) is 19.8. The van der Waals surface area contributed by atoms with Crippen LogP contribution in [0.5, 0.6) is 5.75 Å². The first-order valence-corrected chi connectivity index (χ1v) is 9.62. The van der Waals surface area contributed by atoms with Crippen molar-refractivity contribution in [1.82, 2.24) is 15.5 Å². The third kappa shape index (κ3) is 6.35. The topological polar surface area (TPSA) is 66.0 Å². The van der Waals surface area contributed by atoms with Gasteiger partial charge in [0.05, 0.1) is 13.7 Å². The molecule has 1 amide bonds. The number of benzene rings is 2. The van der Waals surface area contributed by atoms with Gasteiger partial charge in [-0.2, -0.15) is 0 Å². The zero-order valence-corrected chi connectivity index (χ0v) is 19.3. The van der Waals surface area contributed by atoms with E-state index in [2.05, 4.69) is 39.9 Å². The van der Waals surface area contributed by atoms with Crippen LogP contribution in [0.25, 0.3) is 0 Å². The molecule has 2 aromatic carbocycles. The summed E-state index contributed by atoms with van der Waals surface area (Å²) in [6.07, 6.45) is 1.72. The monoisotopic (exact) mass is 508 g/mol. The first-order chi connectivity index (χ1) is 13.7. The van der Waals surface area contributed by atoms with Gasteiger partial charge in [-0.25, -0.2) is 0 Å². The van der Waals surface area contributed by atoms with Crippen LogP contribution in [0.4, 0.5) is 0 Å². The van der Waals surface area contributed by atoms with Gasteiger partial charge in [-0.1, -0.05) is 42.5 Å². The Bertz CT molecular complexity index is 841. The third-order valence-electron chi connectivity index (χ3n) is 4.99. The van der Waals surface area contributed by atoms with E-state index in [1.807, 2.05) is 29.2 Å². The Hall–Kier alpha value is -2.29. The van der Waals surface area contributed by atoms with E-state index in [0.717, 1.165) is 30.7 Å². The third-order valence-corrected chi connectivity index (χ3v) is 4.99. The van der Waals surface area contributed by atoms with Gasteiger partial charge in [0.15, 0.2) is 5.96 Å². The molecular weight excluding hydrogens is 479 g/mol. The van der Waals surface area contributed by atoms with Gasteiger partial charge < -0.3 is 20.3 Å². The largest absolute Gasteiger partial charge is 0.496 e. The summed E-state index contributed by atoms with van der Waals surface area (Å²) in [6.45, 7) is 2.37. The van der Waals surface area contributed by atoms with Crippen molar-refractivity contribution in [3.05, 3.63) is 65.2 Å². The molecule has 0 aromatic heterocycles. The summed E-state index contributed by atoms with van der Waals surface area (Å²) in [7, 11) is 3.39.